The monoisotopic (exact) mass is 374 g/mol. The highest BCUT2D eigenvalue weighted by atomic mass is 35.5. The van der Waals surface area contributed by atoms with E-state index in [0.29, 0.717) is 10.7 Å². The van der Waals surface area contributed by atoms with Gasteiger partial charge in [0.15, 0.2) is 6.61 Å². The SMILES string of the molecule is Cc1cc(Cl)ccc1NC(=O)COC(=O)CNC(=O)Cc1ccccc1. The van der Waals surface area contributed by atoms with Gasteiger partial charge in [-0.15, -0.1) is 0 Å². The lowest BCUT2D eigenvalue weighted by Gasteiger charge is -2.09. The van der Waals surface area contributed by atoms with Crippen LogP contribution in [0, 0.1) is 6.92 Å². The number of halogens is 1. The van der Waals surface area contributed by atoms with Gasteiger partial charge in [-0.05, 0) is 36.2 Å². The average Bonchev–Trinajstić information content (AvgIpc) is 2.61. The number of benzene rings is 2. The van der Waals surface area contributed by atoms with Crippen LogP contribution >= 0.6 is 11.6 Å². The highest BCUT2D eigenvalue weighted by Crippen LogP contribution is 2.19. The standard InChI is InChI=1S/C19H19ClN2O4/c1-13-9-15(20)7-8-16(13)22-18(24)12-26-19(25)11-21-17(23)10-14-5-3-2-4-6-14/h2-9H,10-12H2,1H3,(H,21,23)(H,22,24). The molecule has 0 aliphatic carbocycles. The molecular formula is C19H19ClN2O4. The van der Waals surface area contributed by atoms with Crippen molar-refractivity contribution in [2.75, 3.05) is 18.5 Å². The zero-order valence-electron chi connectivity index (χ0n) is 14.3. The van der Waals surface area contributed by atoms with E-state index in [4.69, 9.17) is 16.3 Å². The maximum absolute atomic E-state index is 11.8. The molecule has 0 heterocycles. The number of carbonyl (C=O) groups is 3. The number of carbonyl (C=O) groups excluding carboxylic acids is 3. The molecule has 136 valence electrons. The summed E-state index contributed by atoms with van der Waals surface area (Å²) in [5, 5.41) is 5.66. The van der Waals surface area contributed by atoms with E-state index in [1.807, 2.05) is 30.3 Å². The molecule has 0 unspecified atom stereocenters. The van der Waals surface area contributed by atoms with Crippen LogP contribution < -0.4 is 10.6 Å². The van der Waals surface area contributed by atoms with Crippen molar-refractivity contribution in [3.05, 3.63) is 64.7 Å². The summed E-state index contributed by atoms with van der Waals surface area (Å²) in [6, 6.07) is 14.2. The Morgan fingerprint density at radius 2 is 1.77 bits per heavy atom. The molecule has 0 aliphatic rings. The summed E-state index contributed by atoms with van der Waals surface area (Å²) in [7, 11) is 0. The smallest absolute Gasteiger partial charge is 0.325 e. The number of hydrogen-bond acceptors (Lipinski definition) is 4. The van der Waals surface area contributed by atoms with E-state index in [1.165, 1.54) is 0 Å². The van der Waals surface area contributed by atoms with Crippen LogP contribution in [0.2, 0.25) is 5.02 Å². The Balaban J connectivity index is 1.69. The van der Waals surface area contributed by atoms with Gasteiger partial charge < -0.3 is 15.4 Å². The van der Waals surface area contributed by atoms with Crippen molar-refractivity contribution in [2.24, 2.45) is 0 Å². The fourth-order valence-corrected chi connectivity index (χ4v) is 2.39. The van der Waals surface area contributed by atoms with Gasteiger partial charge in [-0.2, -0.15) is 0 Å². The van der Waals surface area contributed by atoms with Crippen LogP contribution in [0.25, 0.3) is 0 Å². The minimum Gasteiger partial charge on any atom is -0.454 e. The predicted molar refractivity (Wildman–Crippen MR) is 98.9 cm³/mol. The Bertz CT molecular complexity index is 793. The highest BCUT2D eigenvalue weighted by Gasteiger charge is 2.11. The van der Waals surface area contributed by atoms with Crippen LogP contribution in [-0.2, 0) is 25.5 Å². The van der Waals surface area contributed by atoms with Gasteiger partial charge in [0.1, 0.15) is 6.54 Å². The maximum atomic E-state index is 11.8. The summed E-state index contributed by atoms with van der Waals surface area (Å²) in [6.07, 6.45) is 0.171. The molecule has 0 aromatic heterocycles. The van der Waals surface area contributed by atoms with Gasteiger partial charge in [-0.3, -0.25) is 14.4 Å². The summed E-state index contributed by atoms with van der Waals surface area (Å²) >= 11 is 5.85. The van der Waals surface area contributed by atoms with E-state index in [-0.39, 0.29) is 18.9 Å². The second kappa shape index (κ2) is 9.58. The first kappa shape index (κ1) is 19.5. The Morgan fingerprint density at radius 1 is 1.04 bits per heavy atom. The Kier molecular flexibility index (Phi) is 7.17. The number of anilines is 1. The quantitative estimate of drug-likeness (QED) is 0.729. The van der Waals surface area contributed by atoms with Gasteiger partial charge in [0.2, 0.25) is 5.91 Å². The van der Waals surface area contributed by atoms with Gasteiger partial charge in [-0.1, -0.05) is 41.9 Å². The molecule has 0 aliphatic heterocycles. The number of aryl methyl sites for hydroxylation is 1. The predicted octanol–water partition coefficient (Wildman–Crippen LogP) is 2.49. The van der Waals surface area contributed by atoms with Gasteiger partial charge >= 0.3 is 5.97 Å². The lowest BCUT2D eigenvalue weighted by molar-refractivity contribution is -0.147. The van der Waals surface area contributed by atoms with Gasteiger partial charge in [-0.25, -0.2) is 0 Å². The highest BCUT2D eigenvalue weighted by molar-refractivity contribution is 6.30. The number of nitrogens with one attached hydrogen (secondary N) is 2. The molecule has 0 fully saturated rings. The zero-order valence-corrected chi connectivity index (χ0v) is 15.0. The molecule has 2 aromatic rings. The van der Waals surface area contributed by atoms with Crippen molar-refractivity contribution < 1.29 is 19.1 Å². The maximum Gasteiger partial charge on any atom is 0.325 e. The van der Waals surface area contributed by atoms with E-state index in [1.54, 1.807) is 25.1 Å². The van der Waals surface area contributed by atoms with Crippen LogP contribution in [-0.4, -0.2) is 30.9 Å². The molecule has 0 saturated heterocycles. The van der Waals surface area contributed by atoms with Crippen molar-refractivity contribution in [3.63, 3.8) is 0 Å². The van der Waals surface area contributed by atoms with E-state index in [2.05, 4.69) is 10.6 Å². The lowest BCUT2D eigenvalue weighted by atomic mass is 10.1. The molecule has 2 aromatic carbocycles. The molecular weight excluding hydrogens is 356 g/mol. The molecule has 0 spiro atoms. The number of ether oxygens (including phenoxy) is 1. The molecule has 0 atom stereocenters. The van der Waals surface area contributed by atoms with Crippen LogP contribution in [0.3, 0.4) is 0 Å². The summed E-state index contributed by atoms with van der Waals surface area (Å²) < 4.78 is 4.85. The molecule has 7 heteroatoms. The Labute approximate surface area is 156 Å². The minimum absolute atomic E-state index is 0.171. The molecule has 0 saturated carbocycles. The molecule has 6 nitrogen and oxygen atoms in total. The third-order valence-electron chi connectivity index (χ3n) is 3.46. The van der Waals surface area contributed by atoms with Crippen molar-refractivity contribution in [1.82, 2.24) is 5.32 Å². The van der Waals surface area contributed by atoms with E-state index < -0.39 is 18.5 Å². The normalized spacial score (nSPS) is 10.1. The summed E-state index contributed by atoms with van der Waals surface area (Å²) in [4.78, 5) is 35.2. The third-order valence-corrected chi connectivity index (χ3v) is 3.70. The molecule has 0 radical (unpaired) electrons. The number of hydrogen-bond donors (Lipinski definition) is 2. The topological polar surface area (TPSA) is 84.5 Å². The Morgan fingerprint density at radius 3 is 2.46 bits per heavy atom. The fraction of sp³-hybridized carbons (Fsp3) is 0.211. The van der Waals surface area contributed by atoms with Crippen molar-refractivity contribution >= 4 is 35.1 Å². The molecule has 2 N–H and O–H groups in total. The summed E-state index contributed by atoms with van der Waals surface area (Å²) in [6.45, 7) is 1.07. The second-order valence-electron chi connectivity index (χ2n) is 5.61. The first-order valence-corrected chi connectivity index (χ1v) is 8.34. The van der Waals surface area contributed by atoms with Crippen molar-refractivity contribution in [3.8, 4) is 0 Å². The first-order chi connectivity index (χ1) is 12.4. The van der Waals surface area contributed by atoms with Gasteiger partial charge in [0.05, 0.1) is 6.42 Å². The van der Waals surface area contributed by atoms with E-state index in [9.17, 15) is 14.4 Å². The van der Waals surface area contributed by atoms with Crippen LogP contribution in [0.5, 0.6) is 0 Å². The summed E-state index contributed by atoms with van der Waals surface area (Å²) in [5.41, 5.74) is 2.23. The zero-order chi connectivity index (χ0) is 18.9. The van der Waals surface area contributed by atoms with Gasteiger partial charge in [0.25, 0.3) is 5.91 Å². The van der Waals surface area contributed by atoms with Crippen LogP contribution in [0.15, 0.2) is 48.5 Å². The largest absolute Gasteiger partial charge is 0.454 e. The number of rotatable bonds is 7. The van der Waals surface area contributed by atoms with Gasteiger partial charge in [0, 0.05) is 10.7 Å². The van der Waals surface area contributed by atoms with Crippen molar-refractivity contribution in [1.29, 1.82) is 0 Å². The van der Waals surface area contributed by atoms with Crippen molar-refractivity contribution in [2.45, 2.75) is 13.3 Å². The van der Waals surface area contributed by atoms with Crippen LogP contribution in [0.1, 0.15) is 11.1 Å². The minimum atomic E-state index is -0.686. The Hall–Kier alpha value is -2.86. The molecule has 2 amide bonds. The average molecular weight is 375 g/mol. The molecule has 2 rings (SSSR count). The first-order valence-electron chi connectivity index (χ1n) is 7.96. The van der Waals surface area contributed by atoms with E-state index >= 15 is 0 Å². The number of amides is 2. The summed E-state index contributed by atoms with van der Waals surface area (Å²) in [5.74, 6) is -1.46. The molecule has 0 bridgehead atoms. The number of esters is 1. The lowest BCUT2D eigenvalue weighted by Crippen LogP contribution is -2.33. The van der Waals surface area contributed by atoms with E-state index in [0.717, 1.165) is 11.1 Å². The fourth-order valence-electron chi connectivity index (χ4n) is 2.17. The second-order valence-corrected chi connectivity index (χ2v) is 6.04. The van der Waals surface area contributed by atoms with Crippen LogP contribution in [0.4, 0.5) is 5.69 Å². The molecule has 26 heavy (non-hydrogen) atoms. The third kappa shape index (κ3) is 6.57.